The lowest BCUT2D eigenvalue weighted by molar-refractivity contribution is 0.0489. The summed E-state index contributed by atoms with van der Waals surface area (Å²) in [4.78, 5) is 37.3. The lowest BCUT2D eigenvalue weighted by atomic mass is 10.0. The van der Waals surface area contributed by atoms with Crippen LogP contribution in [-0.2, 0) is 4.74 Å². The zero-order valence-electron chi connectivity index (χ0n) is 18.3. The minimum Gasteiger partial charge on any atom is -0.390 e. The molecule has 0 saturated carbocycles. The molecule has 0 aliphatic heterocycles. The van der Waals surface area contributed by atoms with Crippen molar-refractivity contribution in [3.63, 3.8) is 0 Å². The number of ether oxygens (including phenoxy) is 1. The summed E-state index contributed by atoms with van der Waals surface area (Å²) in [5, 5.41) is 18.0. The van der Waals surface area contributed by atoms with Crippen molar-refractivity contribution in [1.82, 2.24) is 16.0 Å². The maximum atomic E-state index is 12.6. The Morgan fingerprint density at radius 1 is 0.938 bits per heavy atom. The molecular formula is C21H33N3O5S3. The topological polar surface area (TPSA) is 117 Å². The molecule has 0 aromatic heterocycles. The number of hydrogen-bond donors (Lipinski definition) is 6. The van der Waals surface area contributed by atoms with Gasteiger partial charge in [0.2, 0.25) is 0 Å². The van der Waals surface area contributed by atoms with Gasteiger partial charge >= 0.3 is 0 Å². The molecule has 1 unspecified atom stereocenters. The number of aliphatic hydroxyl groups is 1. The standard InChI is InChI=1S/C21H33N3O5S3/c1-2-6-29-13-18(25)14-32-9-5-24-21(28)17-11-15(19(26)22-3-7-30)10-16(12-17)20(27)23-4-8-31/h10-12,18,25,30-31H,2-9,13-14H2,1H3,(H,22,26)(H,23,27)(H,24,28). The summed E-state index contributed by atoms with van der Waals surface area (Å²) in [5.74, 6) is 0.906. The molecule has 0 saturated heterocycles. The van der Waals surface area contributed by atoms with Crippen molar-refractivity contribution in [2.75, 3.05) is 55.9 Å². The van der Waals surface area contributed by atoms with E-state index in [-0.39, 0.29) is 34.4 Å². The van der Waals surface area contributed by atoms with Crippen LogP contribution in [0.4, 0.5) is 0 Å². The Kier molecular flexibility index (Phi) is 15.3. The van der Waals surface area contributed by atoms with Crippen LogP contribution in [-0.4, -0.2) is 84.8 Å². The smallest absolute Gasteiger partial charge is 0.251 e. The molecule has 0 spiro atoms. The van der Waals surface area contributed by atoms with Gasteiger partial charge in [-0.2, -0.15) is 37.0 Å². The van der Waals surface area contributed by atoms with Gasteiger partial charge in [-0.3, -0.25) is 14.4 Å². The summed E-state index contributed by atoms with van der Waals surface area (Å²) in [6.07, 6.45) is 0.357. The molecule has 1 rings (SSSR count). The van der Waals surface area contributed by atoms with Gasteiger partial charge in [-0.25, -0.2) is 0 Å². The average molecular weight is 504 g/mol. The van der Waals surface area contributed by atoms with E-state index in [0.29, 0.717) is 55.9 Å². The number of hydrogen-bond acceptors (Lipinski definition) is 8. The van der Waals surface area contributed by atoms with E-state index in [0.717, 1.165) is 6.42 Å². The van der Waals surface area contributed by atoms with Gasteiger partial charge in [0.1, 0.15) is 0 Å². The van der Waals surface area contributed by atoms with Crippen LogP contribution >= 0.6 is 37.0 Å². The highest BCUT2D eigenvalue weighted by Crippen LogP contribution is 2.12. The van der Waals surface area contributed by atoms with E-state index in [4.69, 9.17) is 4.74 Å². The van der Waals surface area contributed by atoms with Crippen LogP contribution in [0.1, 0.15) is 44.4 Å². The predicted octanol–water partition coefficient (Wildman–Crippen LogP) is 1.26. The molecule has 8 nitrogen and oxygen atoms in total. The number of thiol groups is 2. The number of amides is 3. The predicted molar refractivity (Wildman–Crippen MR) is 136 cm³/mol. The Morgan fingerprint density at radius 2 is 1.41 bits per heavy atom. The van der Waals surface area contributed by atoms with E-state index < -0.39 is 6.10 Å². The van der Waals surface area contributed by atoms with Crippen LogP contribution < -0.4 is 16.0 Å². The molecule has 0 aliphatic carbocycles. The molecule has 1 aromatic rings. The fourth-order valence-electron chi connectivity index (χ4n) is 2.53. The quantitative estimate of drug-likeness (QED) is 0.149. The molecule has 3 amide bonds. The number of thioether (sulfide) groups is 1. The monoisotopic (exact) mass is 503 g/mol. The van der Waals surface area contributed by atoms with Crippen molar-refractivity contribution in [3.8, 4) is 0 Å². The van der Waals surface area contributed by atoms with Crippen LogP contribution in [0.3, 0.4) is 0 Å². The largest absolute Gasteiger partial charge is 0.390 e. The Hall–Kier alpha value is -1.40. The van der Waals surface area contributed by atoms with Crippen molar-refractivity contribution in [2.24, 2.45) is 0 Å². The van der Waals surface area contributed by atoms with E-state index in [1.165, 1.54) is 30.0 Å². The van der Waals surface area contributed by atoms with Crippen molar-refractivity contribution in [2.45, 2.75) is 19.4 Å². The van der Waals surface area contributed by atoms with Crippen molar-refractivity contribution < 1.29 is 24.2 Å². The Balaban J connectivity index is 2.70. The highest BCUT2D eigenvalue weighted by molar-refractivity contribution is 7.99. The van der Waals surface area contributed by atoms with Gasteiger partial charge in [-0.15, -0.1) is 0 Å². The van der Waals surface area contributed by atoms with Crippen molar-refractivity contribution in [1.29, 1.82) is 0 Å². The van der Waals surface area contributed by atoms with E-state index in [1.54, 1.807) is 0 Å². The van der Waals surface area contributed by atoms with Gasteiger partial charge in [-0.05, 0) is 24.6 Å². The third-order valence-corrected chi connectivity index (χ3v) is 5.58. The van der Waals surface area contributed by atoms with Gasteiger partial charge in [0.15, 0.2) is 0 Å². The van der Waals surface area contributed by atoms with Crippen LogP contribution in [0.2, 0.25) is 0 Å². The van der Waals surface area contributed by atoms with Crippen LogP contribution in [0.25, 0.3) is 0 Å². The van der Waals surface area contributed by atoms with Crippen molar-refractivity contribution >= 4 is 54.7 Å². The molecule has 0 heterocycles. The molecule has 4 N–H and O–H groups in total. The number of benzene rings is 1. The minimum absolute atomic E-state index is 0.220. The first-order valence-corrected chi connectivity index (χ1v) is 12.9. The van der Waals surface area contributed by atoms with Gasteiger partial charge in [0, 0.05) is 65.9 Å². The Morgan fingerprint density at radius 3 is 1.84 bits per heavy atom. The Labute approximate surface area is 204 Å². The summed E-state index contributed by atoms with van der Waals surface area (Å²) in [7, 11) is 0. The van der Waals surface area contributed by atoms with Crippen LogP contribution in [0.15, 0.2) is 18.2 Å². The lowest BCUT2D eigenvalue weighted by Crippen LogP contribution is -2.30. The number of nitrogens with one attached hydrogen (secondary N) is 3. The molecule has 0 fully saturated rings. The summed E-state index contributed by atoms with van der Waals surface area (Å²) >= 11 is 9.64. The number of carbonyl (C=O) groups excluding carboxylic acids is 3. The normalized spacial score (nSPS) is 11.6. The van der Waals surface area contributed by atoms with Gasteiger partial charge in [0.05, 0.1) is 12.7 Å². The molecule has 0 aliphatic rings. The van der Waals surface area contributed by atoms with E-state index in [1.807, 2.05) is 6.92 Å². The summed E-state index contributed by atoms with van der Waals surface area (Å²) < 4.78 is 5.30. The van der Waals surface area contributed by atoms with Crippen molar-refractivity contribution in [3.05, 3.63) is 34.9 Å². The Bertz CT molecular complexity index is 698. The maximum absolute atomic E-state index is 12.6. The fraction of sp³-hybridized carbons (Fsp3) is 0.571. The third-order valence-electron chi connectivity index (χ3n) is 4.02. The van der Waals surface area contributed by atoms with Gasteiger partial charge < -0.3 is 25.8 Å². The highest BCUT2D eigenvalue weighted by atomic mass is 32.2. The van der Waals surface area contributed by atoms with E-state index in [2.05, 4.69) is 41.2 Å². The number of rotatable bonds is 16. The average Bonchev–Trinajstić information content (AvgIpc) is 2.80. The van der Waals surface area contributed by atoms with Gasteiger partial charge in [0.25, 0.3) is 17.7 Å². The van der Waals surface area contributed by atoms with Gasteiger partial charge in [-0.1, -0.05) is 6.92 Å². The maximum Gasteiger partial charge on any atom is 0.251 e. The first-order chi connectivity index (χ1) is 15.4. The summed E-state index contributed by atoms with van der Waals surface area (Å²) in [6, 6.07) is 4.37. The zero-order chi connectivity index (χ0) is 23.8. The number of aliphatic hydroxyl groups excluding tert-OH is 1. The molecule has 180 valence electrons. The minimum atomic E-state index is -0.548. The summed E-state index contributed by atoms with van der Waals surface area (Å²) in [5.41, 5.74) is 0.664. The first kappa shape index (κ1) is 28.6. The molecule has 1 atom stereocenters. The molecule has 11 heteroatoms. The molecule has 32 heavy (non-hydrogen) atoms. The first-order valence-electron chi connectivity index (χ1n) is 10.5. The lowest BCUT2D eigenvalue weighted by Gasteiger charge is -2.12. The second kappa shape index (κ2) is 17.1. The molecule has 0 radical (unpaired) electrons. The van der Waals surface area contributed by atoms with E-state index in [9.17, 15) is 19.5 Å². The zero-order valence-corrected chi connectivity index (χ0v) is 20.9. The second-order valence-corrected chi connectivity index (χ2v) is 8.86. The fourth-order valence-corrected chi connectivity index (χ4v) is 3.54. The van der Waals surface area contributed by atoms with Crippen LogP contribution in [0.5, 0.6) is 0 Å². The highest BCUT2D eigenvalue weighted by Gasteiger charge is 2.16. The second-order valence-electron chi connectivity index (χ2n) is 6.82. The van der Waals surface area contributed by atoms with E-state index >= 15 is 0 Å². The molecule has 1 aromatic carbocycles. The van der Waals surface area contributed by atoms with Crippen LogP contribution in [0, 0.1) is 0 Å². The SMILES string of the molecule is CCCOCC(O)CSCCNC(=O)c1cc(C(=O)NCCS)cc(C(=O)NCCS)c1. The molecular weight excluding hydrogens is 470 g/mol. The number of carbonyl (C=O) groups is 3. The third kappa shape index (κ3) is 11.5. The summed E-state index contributed by atoms with van der Waals surface area (Å²) in [6.45, 7) is 4.04. The molecule has 0 bridgehead atoms.